The third kappa shape index (κ3) is 3.42. The zero-order valence-electron chi connectivity index (χ0n) is 14.3. The highest BCUT2D eigenvalue weighted by Gasteiger charge is 2.24. The van der Waals surface area contributed by atoms with E-state index in [9.17, 15) is 9.59 Å². The van der Waals surface area contributed by atoms with E-state index in [1.807, 2.05) is 26.0 Å². The zero-order valence-corrected chi connectivity index (χ0v) is 14.3. The van der Waals surface area contributed by atoms with Crippen molar-refractivity contribution >= 4 is 11.6 Å². The van der Waals surface area contributed by atoms with Crippen LogP contribution in [0, 0.1) is 0 Å². The Labute approximate surface area is 145 Å². The molecule has 0 spiro atoms. The van der Waals surface area contributed by atoms with E-state index in [0.29, 0.717) is 12.2 Å². The van der Waals surface area contributed by atoms with Crippen LogP contribution in [0.5, 0.6) is 0 Å². The van der Waals surface area contributed by atoms with E-state index in [2.05, 4.69) is 9.97 Å². The molecular formula is C19H20N4O2. The van der Waals surface area contributed by atoms with Gasteiger partial charge < -0.3 is 4.90 Å². The van der Waals surface area contributed by atoms with E-state index in [1.165, 1.54) is 10.6 Å². The van der Waals surface area contributed by atoms with Crippen molar-refractivity contribution in [2.75, 3.05) is 0 Å². The fourth-order valence-corrected chi connectivity index (χ4v) is 2.66. The van der Waals surface area contributed by atoms with Crippen molar-refractivity contribution in [3.63, 3.8) is 0 Å². The molecule has 25 heavy (non-hydrogen) atoms. The fourth-order valence-electron chi connectivity index (χ4n) is 2.66. The number of fused-ring (bicyclic) bond motifs is 1. The zero-order chi connectivity index (χ0) is 17.8. The molecule has 0 bridgehead atoms. The van der Waals surface area contributed by atoms with Crippen LogP contribution in [0.15, 0.2) is 59.9 Å². The summed E-state index contributed by atoms with van der Waals surface area (Å²) < 4.78 is 1.40. The molecule has 0 N–H and O–H groups in total. The molecule has 0 aliphatic carbocycles. The molecule has 0 unspecified atom stereocenters. The summed E-state index contributed by atoms with van der Waals surface area (Å²) in [7, 11) is 0. The maximum absolute atomic E-state index is 13.1. The molecule has 0 aromatic carbocycles. The normalized spacial score (nSPS) is 12.1. The van der Waals surface area contributed by atoms with Gasteiger partial charge in [-0.3, -0.25) is 19.0 Å². The van der Waals surface area contributed by atoms with Gasteiger partial charge in [0.1, 0.15) is 11.2 Å². The van der Waals surface area contributed by atoms with Gasteiger partial charge in [0.05, 0.1) is 0 Å². The van der Waals surface area contributed by atoms with E-state index >= 15 is 0 Å². The highest BCUT2D eigenvalue weighted by Crippen LogP contribution is 2.13. The number of hydrogen-bond acceptors (Lipinski definition) is 4. The van der Waals surface area contributed by atoms with Gasteiger partial charge in [0, 0.05) is 37.4 Å². The lowest BCUT2D eigenvalue weighted by Gasteiger charge is -2.28. The smallest absolute Gasteiger partial charge is 0.270 e. The largest absolute Gasteiger partial charge is 0.331 e. The minimum atomic E-state index is -0.348. The first-order valence-corrected chi connectivity index (χ1v) is 8.28. The number of rotatable bonds is 5. The maximum Gasteiger partial charge on any atom is 0.270 e. The highest BCUT2D eigenvalue weighted by atomic mass is 16.2. The van der Waals surface area contributed by atoms with Crippen LogP contribution in [0.1, 0.15) is 36.2 Å². The van der Waals surface area contributed by atoms with Crippen molar-refractivity contribution in [3.8, 4) is 0 Å². The first kappa shape index (κ1) is 16.8. The fraction of sp³-hybridized carbons (Fsp3) is 0.263. The van der Waals surface area contributed by atoms with Crippen molar-refractivity contribution in [3.05, 3.63) is 76.6 Å². The second-order valence-electron chi connectivity index (χ2n) is 5.95. The number of carbonyl (C=O) groups excluding carboxylic acids is 1. The summed E-state index contributed by atoms with van der Waals surface area (Å²) in [5.74, 6) is -0.304. The Morgan fingerprint density at radius 3 is 2.72 bits per heavy atom. The van der Waals surface area contributed by atoms with E-state index in [0.717, 1.165) is 12.0 Å². The van der Waals surface area contributed by atoms with Gasteiger partial charge in [-0.2, -0.15) is 0 Å². The Morgan fingerprint density at radius 2 is 2.00 bits per heavy atom. The summed E-state index contributed by atoms with van der Waals surface area (Å²) in [6.45, 7) is 4.42. The second-order valence-corrected chi connectivity index (χ2v) is 5.95. The second kappa shape index (κ2) is 7.25. The summed E-state index contributed by atoms with van der Waals surface area (Å²) in [6, 6.07) is 9.02. The van der Waals surface area contributed by atoms with Gasteiger partial charge in [0.15, 0.2) is 0 Å². The summed E-state index contributed by atoms with van der Waals surface area (Å²) in [4.78, 5) is 35.7. The van der Waals surface area contributed by atoms with Crippen molar-refractivity contribution in [1.29, 1.82) is 0 Å². The molecule has 1 amide bonds. The Balaban J connectivity index is 2.00. The molecule has 0 saturated heterocycles. The molecule has 6 nitrogen and oxygen atoms in total. The third-order valence-corrected chi connectivity index (χ3v) is 4.33. The van der Waals surface area contributed by atoms with Crippen molar-refractivity contribution in [1.82, 2.24) is 19.3 Å². The molecule has 3 heterocycles. The number of aromatic nitrogens is 3. The van der Waals surface area contributed by atoms with Crippen LogP contribution in [0.25, 0.3) is 5.65 Å². The van der Waals surface area contributed by atoms with Crippen LogP contribution in [-0.4, -0.2) is 31.2 Å². The van der Waals surface area contributed by atoms with Crippen molar-refractivity contribution in [2.45, 2.75) is 32.9 Å². The topological polar surface area (TPSA) is 67.6 Å². The molecule has 6 heteroatoms. The van der Waals surface area contributed by atoms with Gasteiger partial charge in [-0.25, -0.2) is 4.98 Å². The summed E-state index contributed by atoms with van der Waals surface area (Å²) in [5.41, 5.74) is 1.22. The maximum atomic E-state index is 13.1. The van der Waals surface area contributed by atoms with Crippen LogP contribution >= 0.6 is 0 Å². The minimum absolute atomic E-state index is 0.00321. The van der Waals surface area contributed by atoms with Gasteiger partial charge in [-0.15, -0.1) is 0 Å². The molecule has 3 aromatic heterocycles. The lowest BCUT2D eigenvalue weighted by Crippen LogP contribution is -2.40. The summed E-state index contributed by atoms with van der Waals surface area (Å²) in [6.07, 6.45) is 7.18. The lowest BCUT2D eigenvalue weighted by molar-refractivity contribution is 0.0669. The van der Waals surface area contributed by atoms with E-state index < -0.39 is 0 Å². The third-order valence-electron chi connectivity index (χ3n) is 4.33. The first-order chi connectivity index (χ1) is 12.1. The molecule has 3 rings (SSSR count). The Morgan fingerprint density at radius 1 is 1.24 bits per heavy atom. The summed E-state index contributed by atoms with van der Waals surface area (Å²) in [5, 5.41) is 0. The highest BCUT2D eigenvalue weighted by molar-refractivity contribution is 5.94. The Bertz CT molecular complexity index is 937. The van der Waals surface area contributed by atoms with Gasteiger partial charge in [-0.05, 0) is 43.2 Å². The molecule has 0 saturated carbocycles. The van der Waals surface area contributed by atoms with Crippen molar-refractivity contribution < 1.29 is 4.79 Å². The van der Waals surface area contributed by atoms with E-state index in [1.54, 1.807) is 41.7 Å². The predicted octanol–water partition coefficient (Wildman–Crippen LogP) is 2.53. The minimum Gasteiger partial charge on any atom is -0.331 e. The van der Waals surface area contributed by atoms with Gasteiger partial charge in [0.2, 0.25) is 0 Å². The first-order valence-electron chi connectivity index (χ1n) is 8.28. The van der Waals surface area contributed by atoms with Gasteiger partial charge in [-0.1, -0.05) is 13.0 Å². The molecule has 0 fully saturated rings. The molecule has 1 atom stereocenters. The predicted molar refractivity (Wildman–Crippen MR) is 95.3 cm³/mol. The number of carbonyl (C=O) groups is 1. The van der Waals surface area contributed by atoms with Crippen LogP contribution in [0.2, 0.25) is 0 Å². The standard InChI is InChI=1S/C19H20N4O2/c1-3-14(2)23(13-15-7-9-20-10-8-15)19(25)16-12-21-17-6-4-5-11-22(17)18(16)24/h4-12,14H,3,13H2,1-2H3/t14-/m1/s1. The van der Waals surface area contributed by atoms with Crippen LogP contribution in [0.4, 0.5) is 0 Å². The van der Waals surface area contributed by atoms with Crippen LogP contribution in [0.3, 0.4) is 0 Å². The number of nitrogens with zero attached hydrogens (tertiary/aromatic N) is 4. The van der Waals surface area contributed by atoms with Gasteiger partial charge in [0.25, 0.3) is 11.5 Å². The molecule has 3 aromatic rings. The van der Waals surface area contributed by atoms with E-state index in [4.69, 9.17) is 0 Å². The summed E-state index contributed by atoms with van der Waals surface area (Å²) >= 11 is 0. The SMILES string of the molecule is CC[C@@H](C)N(Cc1ccncc1)C(=O)c1cnc2ccccn2c1=O. The molecule has 0 aliphatic heterocycles. The number of pyridine rings is 2. The average Bonchev–Trinajstić information content (AvgIpc) is 2.66. The van der Waals surface area contributed by atoms with Crippen molar-refractivity contribution in [2.24, 2.45) is 0 Å². The van der Waals surface area contributed by atoms with Crippen LogP contribution in [-0.2, 0) is 6.54 Å². The molecule has 128 valence electrons. The van der Waals surface area contributed by atoms with Gasteiger partial charge >= 0.3 is 0 Å². The number of amides is 1. The molecular weight excluding hydrogens is 316 g/mol. The molecule has 0 radical (unpaired) electrons. The van der Waals surface area contributed by atoms with Crippen LogP contribution < -0.4 is 5.56 Å². The number of hydrogen-bond donors (Lipinski definition) is 0. The quantitative estimate of drug-likeness (QED) is 0.718. The lowest BCUT2D eigenvalue weighted by atomic mass is 10.1. The average molecular weight is 336 g/mol. The Hall–Kier alpha value is -3.02. The Kier molecular flexibility index (Phi) is 4.88. The molecule has 0 aliphatic rings. The van der Waals surface area contributed by atoms with E-state index in [-0.39, 0.29) is 23.1 Å². The monoisotopic (exact) mass is 336 g/mol.